The van der Waals surface area contributed by atoms with Crippen molar-refractivity contribution in [3.05, 3.63) is 34.3 Å². The van der Waals surface area contributed by atoms with Gasteiger partial charge < -0.3 is 5.32 Å². The van der Waals surface area contributed by atoms with E-state index < -0.39 is 10.0 Å². The Morgan fingerprint density at radius 1 is 1.20 bits per heavy atom. The summed E-state index contributed by atoms with van der Waals surface area (Å²) >= 11 is 1.48. The van der Waals surface area contributed by atoms with Gasteiger partial charge in [-0.05, 0) is 26.0 Å². The zero-order valence-corrected chi connectivity index (χ0v) is 12.9. The van der Waals surface area contributed by atoms with Crippen LogP contribution < -0.4 is 10.0 Å². The third kappa shape index (κ3) is 3.75. The smallest absolute Gasteiger partial charge is 0.241 e. The lowest BCUT2D eigenvalue weighted by molar-refractivity contribution is 0.582. The van der Waals surface area contributed by atoms with Gasteiger partial charge in [0.25, 0.3) is 0 Å². The molecule has 0 amide bonds. The van der Waals surface area contributed by atoms with Crippen LogP contribution in [0.2, 0.25) is 0 Å². The third-order valence-electron chi connectivity index (χ3n) is 2.55. The van der Waals surface area contributed by atoms with Crippen molar-refractivity contribution in [3.63, 3.8) is 0 Å². The summed E-state index contributed by atoms with van der Waals surface area (Å²) in [5.74, 6) is 0.481. The number of aryl methyl sites for hydroxylation is 2. The molecule has 108 valence electrons. The van der Waals surface area contributed by atoms with Crippen LogP contribution in [0, 0.1) is 13.8 Å². The second kappa shape index (κ2) is 6.29. The van der Waals surface area contributed by atoms with Gasteiger partial charge in [0.15, 0.2) is 0 Å². The van der Waals surface area contributed by atoms with Crippen molar-refractivity contribution < 1.29 is 8.42 Å². The van der Waals surface area contributed by atoms with Crippen LogP contribution >= 0.6 is 11.3 Å². The van der Waals surface area contributed by atoms with E-state index in [2.05, 4.69) is 20.0 Å². The molecule has 0 saturated heterocycles. The van der Waals surface area contributed by atoms with Crippen LogP contribution in [0.1, 0.15) is 9.75 Å². The van der Waals surface area contributed by atoms with Gasteiger partial charge in [-0.25, -0.2) is 23.1 Å². The summed E-state index contributed by atoms with van der Waals surface area (Å²) in [4.78, 5) is 10.1. The van der Waals surface area contributed by atoms with Crippen LogP contribution in [-0.4, -0.2) is 31.5 Å². The van der Waals surface area contributed by atoms with E-state index in [9.17, 15) is 8.42 Å². The van der Waals surface area contributed by atoms with E-state index in [0.29, 0.717) is 17.4 Å². The van der Waals surface area contributed by atoms with E-state index in [0.717, 1.165) is 9.75 Å². The minimum absolute atomic E-state index is 0.273. The van der Waals surface area contributed by atoms with Crippen LogP contribution in [0.3, 0.4) is 0 Å². The van der Waals surface area contributed by atoms with Gasteiger partial charge >= 0.3 is 0 Å². The topological polar surface area (TPSA) is 84.0 Å². The first kappa shape index (κ1) is 14.9. The number of hydrogen-bond acceptors (Lipinski definition) is 6. The zero-order chi connectivity index (χ0) is 14.6. The predicted octanol–water partition coefficient (Wildman–Crippen LogP) is 1.55. The molecule has 0 aliphatic heterocycles. The van der Waals surface area contributed by atoms with E-state index in [1.807, 2.05) is 13.8 Å². The summed E-state index contributed by atoms with van der Waals surface area (Å²) in [6, 6.07) is 3.41. The second-order valence-electron chi connectivity index (χ2n) is 4.17. The molecule has 0 atom stereocenters. The number of sulfonamides is 1. The summed E-state index contributed by atoms with van der Waals surface area (Å²) in [6.45, 7) is 4.40. The van der Waals surface area contributed by atoms with Crippen molar-refractivity contribution in [2.24, 2.45) is 0 Å². The van der Waals surface area contributed by atoms with Crippen LogP contribution in [0.5, 0.6) is 0 Å². The van der Waals surface area contributed by atoms with Crippen molar-refractivity contribution in [1.29, 1.82) is 0 Å². The molecule has 0 unspecified atom stereocenters. The lowest BCUT2D eigenvalue weighted by atomic mass is 10.4. The largest absolute Gasteiger partial charge is 0.353 e. The molecule has 0 spiro atoms. The Hall–Kier alpha value is -1.51. The average molecular weight is 312 g/mol. The maximum absolute atomic E-state index is 12.1. The molecule has 0 fully saturated rings. The first-order chi connectivity index (χ1) is 9.49. The second-order valence-corrected chi connectivity index (χ2v) is 7.37. The van der Waals surface area contributed by atoms with Crippen molar-refractivity contribution in [2.75, 3.05) is 18.4 Å². The monoisotopic (exact) mass is 312 g/mol. The van der Waals surface area contributed by atoms with Gasteiger partial charge in [-0.15, -0.1) is 11.3 Å². The summed E-state index contributed by atoms with van der Waals surface area (Å²) in [6.07, 6.45) is 3.24. The summed E-state index contributed by atoms with van der Waals surface area (Å²) in [5.41, 5.74) is 0. The Morgan fingerprint density at radius 2 is 1.90 bits per heavy atom. The number of anilines is 1. The molecule has 0 radical (unpaired) electrons. The highest BCUT2D eigenvalue weighted by Gasteiger charge is 2.18. The molecular formula is C12H16N4O2S2. The molecule has 0 aliphatic carbocycles. The number of rotatable bonds is 6. The molecule has 2 heterocycles. The number of hydrogen-bond donors (Lipinski definition) is 2. The fourth-order valence-corrected chi connectivity index (χ4v) is 4.29. The third-order valence-corrected chi connectivity index (χ3v) is 5.23. The predicted molar refractivity (Wildman–Crippen MR) is 79.5 cm³/mol. The Labute approximate surface area is 122 Å². The summed E-state index contributed by atoms with van der Waals surface area (Å²) in [7, 11) is -3.44. The lowest BCUT2D eigenvalue weighted by Gasteiger charge is -2.07. The molecule has 0 aromatic carbocycles. The average Bonchev–Trinajstić information content (AvgIpc) is 2.76. The summed E-state index contributed by atoms with van der Waals surface area (Å²) in [5, 5.41) is 2.94. The van der Waals surface area contributed by atoms with E-state index in [-0.39, 0.29) is 6.54 Å². The maximum atomic E-state index is 12.1. The highest BCUT2D eigenvalue weighted by molar-refractivity contribution is 7.89. The number of aromatic nitrogens is 2. The Kier molecular flexibility index (Phi) is 4.69. The number of nitrogens with zero attached hydrogens (tertiary/aromatic N) is 2. The molecule has 2 aromatic rings. The molecule has 0 bridgehead atoms. The SMILES string of the molecule is Cc1cc(S(=O)(=O)NCCNc2ncccn2)c(C)s1. The van der Waals surface area contributed by atoms with E-state index in [1.54, 1.807) is 24.5 Å². The van der Waals surface area contributed by atoms with Gasteiger partial charge in [0.2, 0.25) is 16.0 Å². The molecule has 2 aromatic heterocycles. The Morgan fingerprint density at radius 3 is 2.50 bits per heavy atom. The molecule has 6 nitrogen and oxygen atoms in total. The van der Waals surface area contributed by atoms with Crippen molar-refractivity contribution in [1.82, 2.24) is 14.7 Å². The van der Waals surface area contributed by atoms with Crippen molar-refractivity contribution in [2.45, 2.75) is 18.7 Å². The molecule has 20 heavy (non-hydrogen) atoms. The molecule has 2 rings (SSSR count). The van der Waals surface area contributed by atoms with Crippen LogP contribution in [0.4, 0.5) is 5.95 Å². The highest BCUT2D eigenvalue weighted by atomic mass is 32.2. The quantitative estimate of drug-likeness (QED) is 0.791. The van der Waals surface area contributed by atoms with Gasteiger partial charge in [-0.3, -0.25) is 0 Å². The van der Waals surface area contributed by atoms with Gasteiger partial charge in [0, 0.05) is 35.2 Å². The van der Waals surface area contributed by atoms with E-state index in [1.165, 1.54) is 11.3 Å². The van der Waals surface area contributed by atoms with E-state index >= 15 is 0 Å². The molecule has 0 aliphatic rings. The molecule has 2 N–H and O–H groups in total. The minimum atomic E-state index is -3.44. The van der Waals surface area contributed by atoms with Gasteiger partial charge in [0.1, 0.15) is 0 Å². The van der Waals surface area contributed by atoms with Crippen molar-refractivity contribution in [3.8, 4) is 0 Å². The van der Waals surface area contributed by atoms with Crippen LogP contribution in [-0.2, 0) is 10.0 Å². The Balaban J connectivity index is 1.89. The van der Waals surface area contributed by atoms with Gasteiger partial charge in [-0.2, -0.15) is 0 Å². The fourth-order valence-electron chi connectivity index (χ4n) is 1.70. The highest BCUT2D eigenvalue weighted by Crippen LogP contribution is 2.24. The summed E-state index contributed by atoms with van der Waals surface area (Å²) < 4.78 is 26.8. The Bertz CT molecular complexity index is 668. The van der Waals surface area contributed by atoms with E-state index in [4.69, 9.17) is 0 Å². The fraction of sp³-hybridized carbons (Fsp3) is 0.333. The molecule has 0 saturated carbocycles. The zero-order valence-electron chi connectivity index (χ0n) is 11.3. The standard InChI is InChI=1S/C12H16N4O2S2/c1-9-8-11(10(2)19-9)20(17,18)16-7-6-15-12-13-4-3-5-14-12/h3-5,8,16H,6-7H2,1-2H3,(H,13,14,15). The van der Waals surface area contributed by atoms with Crippen LogP contribution in [0.15, 0.2) is 29.4 Å². The number of nitrogens with one attached hydrogen (secondary N) is 2. The van der Waals surface area contributed by atoms with Gasteiger partial charge in [0.05, 0.1) is 4.90 Å². The first-order valence-corrected chi connectivity index (χ1v) is 8.36. The van der Waals surface area contributed by atoms with Gasteiger partial charge in [-0.1, -0.05) is 0 Å². The molecule has 8 heteroatoms. The first-order valence-electron chi connectivity index (χ1n) is 6.06. The number of thiophene rings is 1. The maximum Gasteiger partial charge on any atom is 0.241 e. The minimum Gasteiger partial charge on any atom is -0.353 e. The normalized spacial score (nSPS) is 11.5. The van der Waals surface area contributed by atoms with Crippen molar-refractivity contribution >= 4 is 27.3 Å². The lowest BCUT2D eigenvalue weighted by Crippen LogP contribution is -2.29. The molecular weight excluding hydrogens is 296 g/mol. The van der Waals surface area contributed by atoms with Crippen LogP contribution in [0.25, 0.3) is 0 Å².